The summed E-state index contributed by atoms with van der Waals surface area (Å²) in [7, 11) is 0. The molecule has 2 N–H and O–H groups in total. The van der Waals surface area contributed by atoms with Gasteiger partial charge in [0.2, 0.25) is 5.91 Å². The smallest absolute Gasteiger partial charge is 0.224 e. The van der Waals surface area contributed by atoms with E-state index in [1.165, 1.54) is 12.0 Å². The van der Waals surface area contributed by atoms with Gasteiger partial charge in [-0.15, -0.1) is 0 Å². The van der Waals surface area contributed by atoms with Gasteiger partial charge in [-0.3, -0.25) is 4.79 Å². The van der Waals surface area contributed by atoms with Crippen LogP contribution in [-0.2, 0) is 11.2 Å². The first kappa shape index (κ1) is 21.1. The number of aromatic nitrogens is 2. The van der Waals surface area contributed by atoms with Gasteiger partial charge in [0.15, 0.2) is 0 Å². The molecule has 1 amide bonds. The van der Waals surface area contributed by atoms with Crippen molar-refractivity contribution in [3.8, 4) is 0 Å². The lowest BCUT2D eigenvalue weighted by atomic mass is 9.93. The zero-order chi connectivity index (χ0) is 20.5. The minimum atomic E-state index is 0.108. The van der Waals surface area contributed by atoms with E-state index in [1.54, 1.807) is 6.33 Å². The summed E-state index contributed by atoms with van der Waals surface area (Å²) in [6.45, 7) is 7.12. The van der Waals surface area contributed by atoms with Gasteiger partial charge < -0.3 is 15.5 Å². The van der Waals surface area contributed by atoms with E-state index in [0.717, 1.165) is 62.6 Å². The molecule has 0 bridgehead atoms. The van der Waals surface area contributed by atoms with E-state index < -0.39 is 0 Å². The van der Waals surface area contributed by atoms with Gasteiger partial charge in [-0.25, -0.2) is 9.97 Å². The van der Waals surface area contributed by atoms with Crippen LogP contribution in [0.15, 0.2) is 36.7 Å². The maximum Gasteiger partial charge on any atom is 0.224 e. The molecule has 2 heterocycles. The van der Waals surface area contributed by atoms with Crippen molar-refractivity contribution < 1.29 is 4.79 Å². The van der Waals surface area contributed by atoms with Crippen LogP contribution in [0, 0.1) is 5.92 Å². The van der Waals surface area contributed by atoms with E-state index in [-0.39, 0.29) is 5.91 Å². The van der Waals surface area contributed by atoms with E-state index in [1.807, 2.05) is 24.3 Å². The highest BCUT2D eigenvalue weighted by Crippen LogP contribution is 2.26. The number of rotatable bonds is 9. The van der Waals surface area contributed by atoms with Gasteiger partial charge in [0.1, 0.15) is 18.0 Å². The van der Waals surface area contributed by atoms with Gasteiger partial charge in [-0.05, 0) is 49.7 Å². The standard InChI is InChI=1S/C23H33N5O/c1-3-13-24-21-15-22(26-17-25-21)28-14-7-8-18(16-28)11-12-23(29)27-20-10-6-5-9-19(20)4-2/h5-6,9-10,15,17-18H,3-4,7-8,11-14,16H2,1-2H3,(H,27,29)(H,24,25,26)/t18-/m0/s1. The molecule has 0 radical (unpaired) electrons. The zero-order valence-electron chi connectivity index (χ0n) is 17.7. The van der Waals surface area contributed by atoms with Crippen LogP contribution in [-0.4, -0.2) is 35.5 Å². The first-order valence-electron chi connectivity index (χ1n) is 10.9. The van der Waals surface area contributed by atoms with Crippen LogP contribution in [0.3, 0.4) is 0 Å². The van der Waals surface area contributed by atoms with Crippen molar-refractivity contribution in [2.45, 2.75) is 52.4 Å². The van der Waals surface area contributed by atoms with Crippen LogP contribution >= 0.6 is 0 Å². The summed E-state index contributed by atoms with van der Waals surface area (Å²) >= 11 is 0. The predicted octanol–water partition coefficient (Wildman–Crippen LogP) is 4.50. The second-order valence-corrected chi connectivity index (χ2v) is 7.74. The Labute approximate surface area is 174 Å². The third-order valence-electron chi connectivity index (χ3n) is 5.50. The second-order valence-electron chi connectivity index (χ2n) is 7.74. The summed E-state index contributed by atoms with van der Waals surface area (Å²) in [5.41, 5.74) is 2.12. The first-order chi connectivity index (χ1) is 14.2. The molecule has 1 atom stereocenters. The Morgan fingerprint density at radius 1 is 1.24 bits per heavy atom. The third-order valence-corrected chi connectivity index (χ3v) is 5.50. The van der Waals surface area contributed by atoms with Crippen LogP contribution in [0.25, 0.3) is 0 Å². The fraction of sp³-hybridized carbons (Fsp3) is 0.522. The topological polar surface area (TPSA) is 70.2 Å². The fourth-order valence-corrected chi connectivity index (χ4v) is 3.88. The zero-order valence-corrected chi connectivity index (χ0v) is 17.7. The molecule has 1 saturated heterocycles. The van der Waals surface area contributed by atoms with Crippen molar-refractivity contribution in [1.82, 2.24) is 9.97 Å². The highest BCUT2D eigenvalue weighted by atomic mass is 16.1. The number of benzene rings is 1. The van der Waals surface area contributed by atoms with E-state index in [2.05, 4.69) is 45.4 Å². The SMILES string of the molecule is CCCNc1cc(N2CCC[C@@H](CCC(=O)Nc3ccccc3CC)C2)ncn1. The minimum Gasteiger partial charge on any atom is -0.370 e. The summed E-state index contributed by atoms with van der Waals surface area (Å²) < 4.78 is 0. The third kappa shape index (κ3) is 6.17. The number of piperidine rings is 1. The van der Waals surface area contributed by atoms with Gasteiger partial charge in [-0.1, -0.05) is 32.0 Å². The molecule has 6 nitrogen and oxygen atoms in total. The molecule has 3 rings (SSSR count). The normalized spacial score (nSPS) is 16.5. The molecule has 2 aromatic rings. The maximum absolute atomic E-state index is 12.5. The highest BCUT2D eigenvalue weighted by molar-refractivity contribution is 5.91. The summed E-state index contributed by atoms with van der Waals surface area (Å²) in [4.78, 5) is 23.6. The quantitative estimate of drug-likeness (QED) is 0.654. The Bertz CT molecular complexity index is 794. The molecule has 1 aliphatic heterocycles. The molecule has 0 aliphatic carbocycles. The number of carbonyl (C=O) groups is 1. The Balaban J connectivity index is 1.51. The molecule has 156 valence electrons. The van der Waals surface area contributed by atoms with Crippen molar-refractivity contribution in [2.75, 3.05) is 35.2 Å². The Morgan fingerprint density at radius 2 is 2.10 bits per heavy atom. The lowest BCUT2D eigenvalue weighted by Crippen LogP contribution is -2.36. The number of para-hydroxylation sites is 1. The molecular weight excluding hydrogens is 362 g/mol. The Kier molecular flexibility index (Phi) is 7.85. The monoisotopic (exact) mass is 395 g/mol. The summed E-state index contributed by atoms with van der Waals surface area (Å²) in [5.74, 6) is 2.48. The minimum absolute atomic E-state index is 0.108. The van der Waals surface area contributed by atoms with Gasteiger partial charge >= 0.3 is 0 Å². The van der Waals surface area contributed by atoms with Gasteiger partial charge in [0.25, 0.3) is 0 Å². The number of aryl methyl sites for hydroxylation is 1. The van der Waals surface area contributed by atoms with E-state index in [9.17, 15) is 4.79 Å². The van der Waals surface area contributed by atoms with Gasteiger partial charge in [0.05, 0.1) is 0 Å². The molecule has 1 aromatic carbocycles. The number of nitrogens with one attached hydrogen (secondary N) is 2. The number of hydrogen-bond acceptors (Lipinski definition) is 5. The molecule has 0 spiro atoms. The fourth-order valence-electron chi connectivity index (χ4n) is 3.88. The van der Waals surface area contributed by atoms with Crippen molar-refractivity contribution in [3.63, 3.8) is 0 Å². The second kappa shape index (κ2) is 10.8. The molecule has 1 aliphatic rings. The average molecular weight is 396 g/mol. The predicted molar refractivity (Wildman–Crippen MR) is 119 cm³/mol. The van der Waals surface area contributed by atoms with Crippen LogP contribution < -0.4 is 15.5 Å². The van der Waals surface area contributed by atoms with Crippen molar-refractivity contribution in [1.29, 1.82) is 0 Å². The lowest BCUT2D eigenvalue weighted by Gasteiger charge is -2.33. The van der Waals surface area contributed by atoms with Gasteiger partial charge in [0, 0.05) is 37.8 Å². The molecule has 0 saturated carbocycles. The number of amides is 1. The maximum atomic E-state index is 12.5. The molecule has 6 heteroatoms. The van der Waals surface area contributed by atoms with Crippen molar-refractivity contribution in [3.05, 3.63) is 42.2 Å². The number of carbonyl (C=O) groups excluding carboxylic acids is 1. The van der Waals surface area contributed by atoms with Crippen molar-refractivity contribution >= 4 is 23.2 Å². The highest BCUT2D eigenvalue weighted by Gasteiger charge is 2.22. The van der Waals surface area contributed by atoms with E-state index in [0.29, 0.717) is 12.3 Å². The first-order valence-corrected chi connectivity index (χ1v) is 10.9. The van der Waals surface area contributed by atoms with Gasteiger partial charge in [-0.2, -0.15) is 0 Å². The summed E-state index contributed by atoms with van der Waals surface area (Å²) in [5, 5.41) is 6.42. The number of anilines is 3. The largest absolute Gasteiger partial charge is 0.370 e. The Hall–Kier alpha value is -2.63. The van der Waals surface area contributed by atoms with Crippen LogP contribution in [0.1, 0.15) is 51.5 Å². The van der Waals surface area contributed by atoms with E-state index >= 15 is 0 Å². The van der Waals surface area contributed by atoms with Crippen LogP contribution in [0.2, 0.25) is 0 Å². The average Bonchev–Trinajstić information content (AvgIpc) is 2.77. The lowest BCUT2D eigenvalue weighted by molar-refractivity contribution is -0.116. The molecule has 1 fully saturated rings. The van der Waals surface area contributed by atoms with Crippen LogP contribution in [0.5, 0.6) is 0 Å². The number of hydrogen-bond donors (Lipinski definition) is 2. The summed E-state index contributed by atoms with van der Waals surface area (Å²) in [6.07, 6.45) is 7.38. The number of nitrogens with zero attached hydrogens (tertiary/aromatic N) is 3. The summed E-state index contributed by atoms with van der Waals surface area (Å²) in [6, 6.07) is 10.1. The molecular formula is C23H33N5O. The van der Waals surface area contributed by atoms with Crippen LogP contribution in [0.4, 0.5) is 17.3 Å². The van der Waals surface area contributed by atoms with Crippen molar-refractivity contribution in [2.24, 2.45) is 5.92 Å². The molecule has 1 aromatic heterocycles. The molecule has 29 heavy (non-hydrogen) atoms. The molecule has 0 unspecified atom stereocenters. The Morgan fingerprint density at radius 3 is 2.93 bits per heavy atom. The van der Waals surface area contributed by atoms with E-state index in [4.69, 9.17) is 0 Å².